The second kappa shape index (κ2) is 35.7. The van der Waals surface area contributed by atoms with Gasteiger partial charge in [0.1, 0.15) is 17.5 Å². The van der Waals surface area contributed by atoms with E-state index in [-0.39, 0.29) is 32.6 Å². The molecule has 0 aliphatic carbocycles. The maximum Gasteiger partial charge on any atom is 0.337 e. The van der Waals surface area contributed by atoms with E-state index in [9.17, 15) is 14.4 Å². The molecule has 15 aromatic rings. The molecule has 9 heterocycles. The Hall–Kier alpha value is -13.0. The molecule has 0 radical (unpaired) electrons. The molecule has 0 unspecified atom stereocenters. The average molecular weight is 1410 g/mol. The van der Waals surface area contributed by atoms with Crippen LogP contribution in [0.2, 0.25) is 0 Å². The number of hydrogen-bond acceptors (Lipinski definition) is 17. The number of aromatic nitrogens is 9. The van der Waals surface area contributed by atoms with Crippen LogP contribution in [0, 0.1) is 0 Å². The van der Waals surface area contributed by atoms with Gasteiger partial charge in [0.2, 0.25) is 0 Å². The standard InChI is InChI=1S/2C28H25N5O.C19H18N2O2.C10H11N3.2CH4/c2*1-2-23-6-5-21-13-18(4-8-26(21)33-23)15-24-16-22(10-11-30-24)28(34)32-17-19-3-7-25-20(14-19)9-12-31-27(25)29;1-3-16-6-5-14-10-13(4-7-18(14)21-16)11-17-12-15(8-9-20-17)19(22)23-2;11-6-7-1-2-9-8(5-7)3-4-13-10(9)12;;/h2*3-14,16H,2,15,17H2,1H3,(H2,29,31)(H,32,34);4-10,12H,3,11H2,1-2H3;1-5H,6,11H2,(H2,12,13);2*1H4. The van der Waals surface area contributed by atoms with Crippen LogP contribution in [-0.4, -0.2) is 69.7 Å². The van der Waals surface area contributed by atoms with Crippen molar-refractivity contribution in [2.24, 2.45) is 5.73 Å². The van der Waals surface area contributed by atoms with Crippen molar-refractivity contribution in [1.29, 1.82) is 0 Å². The Morgan fingerprint density at radius 2 is 0.651 bits per heavy atom. The lowest BCUT2D eigenvalue weighted by Crippen LogP contribution is -2.23. The number of carbonyl (C=O) groups is 3. The number of nitrogens with two attached hydrogens (primary N) is 4. The monoisotopic (exact) mass is 1410 g/mol. The van der Waals surface area contributed by atoms with Gasteiger partial charge >= 0.3 is 5.97 Å². The Balaban J connectivity index is 0.000000158. The van der Waals surface area contributed by atoms with E-state index in [2.05, 4.69) is 149 Å². The molecule has 15 rings (SSSR count). The summed E-state index contributed by atoms with van der Waals surface area (Å²) in [7, 11) is 1.38. The molecule has 6 aromatic carbocycles. The van der Waals surface area contributed by atoms with Crippen molar-refractivity contribution < 1.29 is 19.1 Å². The summed E-state index contributed by atoms with van der Waals surface area (Å²) in [4.78, 5) is 76.6. The maximum absolute atomic E-state index is 12.8. The first-order valence-corrected chi connectivity index (χ1v) is 34.4. The van der Waals surface area contributed by atoms with Crippen LogP contribution in [0.15, 0.2) is 237 Å². The molecular formula is C87H87N15O4. The molecule has 534 valence electrons. The van der Waals surface area contributed by atoms with Crippen molar-refractivity contribution in [2.45, 2.75) is 93.8 Å². The molecule has 0 atom stereocenters. The predicted molar refractivity (Wildman–Crippen MR) is 428 cm³/mol. The van der Waals surface area contributed by atoms with Crippen LogP contribution in [0.5, 0.6) is 0 Å². The number of nitrogens with one attached hydrogen (secondary N) is 2. The van der Waals surface area contributed by atoms with Gasteiger partial charge in [-0.05, 0) is 196 Å². The summed E-state index contributed by atoms with van der Waals surface area (Å²) in [6.45, 7) is 7.71. The SMILES string of the molecule is C.C.CCc1ccc2cc(Cc3cc(C(=O)NCc4ccc5c(N)nccc5c4)ccn3)ccc2n1.CCc1ccc2cc(Cc3cc(C(=O)NCc4ccc5c(N)nccc5c4)ccn3)ccc2n1.CCc1ccc2cc(Cc3cc(C(=O)OC)ccn3)ccc2n1.NCc1ccc2c(N)nccc2c1. The molecule has 0 aliphatic heterocycles. The summed E-state index contributed by atoms with van der Waals surface area (Å²) in [5.41, 5.74) is 40.1. The van der Waals surface area contributed by atoms with Crippen LogP contribution in [0.1, 0.15) is 134 Å². The van der Waals surface area contributed by atoms with Gasteiger partial charge in [-0.3, -0.25) is 39.5 Å². The summed E-state index contributed by atoms with van der Waals surface area (Å²) >= 11 is 0. The number of methoxy groups -OCH3 is 1. The predicted octanol–water partition coefficient (Wildman–Crippen LogP) is 15.8. The highest BCUT2D eigenvalue weighted by Gasteiger charge is 2.14. The van der Waals surface area contributed by atoms with E-state index in [0.29, 0.717) is 73.0 Å². The quantitative estimate of drug-likeness (QED) is 0.0462. The van der Waals surface area contributed by atoms with Gasteiger partial charge in [-0.2, -0.15) is 0 Å². The minimum Gasteiger partial charge on any atom is -0.465 e. The summed E-state index contributed by atoms with van der Waals surface area (Å²) in [5, 5.41) is 15.2. The normalized spacial score (nSPS) is 10.7. The highest BCUT2D eigenvalue weighted by molar-refractivity contribution is 5.96. The second-order valence-corrected chi connectivity index (χ2v) is 25.0. The Bertz CT molecular complexity index is 5410. The van der Waals surface area contributed by atoms with E-state index in [1.54, 1.807) is 61.4 Å². The number of nitrogen functional groups attached to an aromatic ring is 3. The fourth-order valence-corrected chi connectivity index (χ4v) is 12.1. The number of hydrogen-bond donors (Lipinski definition) is 6. The molecule has 9 aromatic heterocycles. The topological polar surface area (TPSA) is 305 Å². The molecule has 0 aliphatic rings. The molecule has 0 fully saturated rings. The minimum atomic E-state index is -0.344. The zero-order valence-corrected chi connectivity index (χ0v) is 58.3. The molecule has 19 nitrogen and oxygen atoms in total. The fourth-order valence-electron chi connectivity index (χ4n) is 12.1. The molecule has 2 amide bonds. The summed E-state index contributed by atoms with van der Waals surface area (Å²) in [6, 6.07) is 65.4. The zero-order chi connectivity index (χ0) is 72.5. The van der Waals surface area contributed by atoms with Crippen LogP contribution in [0.3, 0.4) is 0 Å². The van der Waals surface area contributed by atoms with Gasteiger partial charge in [0.25, 0.3) is 11.8 Å². The smallest absolute Gasteiger partial charge is 0.337 e. The van der Waals surface area contributed by atoms with Gasteiger partial charge in [0.05, 0.1) is 29.2 Å². The second-order valence-electron chi connectivity index (χ2n) is 25.0. The van der Waals surface area contributed by atoms with Crippen LogP contribution in [-0.2, 0) is 62.9 Å². The third-order valence-electron chi connectivity index (χ3n) is 17.8. The van der Waals surface area contributed by atoms with Crippen molar-refractivity contribution in [2.75, 3.05) is 24.3 Å². The van der Waals surface area contributed by atoms with Crippen molar-refractivity contribution in [1.82, 2.24) is 55.5 Å². The molecule has 0 saturated heterocycles. The van der Waals surface area contributed by atoms with Gasteiger partial charge in [-0.1, -0.05) is 108 Å². The molecule has 0 bridgehead atoms. The lowest BCUT2D eigenvalue weighted by molar-refractivity contribution is 0.0600. The lowest BCUT2D eigenvalue weighted by Gasteiger charge is -2.09. The van der Waals surface area contributed by atoms with Crippen molar-refractivity contribution >= 4 is 100 Å². The number of rotatable bonds is 17. The third-order valence-corrected chi connectivity index (χ3v) is 17.8. The Morgan fingerprint density at radius 3 is 1.00 bits per heavy atom. The van der Waals surface area contributed by atoms with E-state index >= 15 is 0 Å². The average Bonchev–Trinajstić information content (AvgIpc) is 0.854. The van der Waals surface area contributed by atoms with E-state index in [0.717, 1.165) is 152 Å². The number of pyridine rings is 9. The van der Waals surface area contributed by atoms with Gasteiger partial charge < -0.3 is 38.3 Å². The van der Waals surface area contributed by atoms with Crippen molar-refractivity contribution in [3.63, 3.8) is 0 Å². The molecule has 10 N–H and O–H groups in total. The Kier molecular flexibility index (Phi) is 25.5. The van der Waals surface area contributed by atoms with Crippen LogP contribution >= 0.6 is 0 Å². The van der Waals surface area contributed by atoms with Gasteiger partial charge in [-0.25, -0.2) is 19.7 Å². The van der Waals surface area contributed by atoms with Gasteiger partial charge in [-0.15, -0.1) is 0 Å². The van der Waals surface area contributed by atoms with Crippen molar-refractivity contribution in [3.8, 4) is 0 Å². The first kappa shape index (κ1) is 75.7. The molecule has 19 heteroatoms. The first-order valence-electron chi connectivity index (χ1n) is 34.4. The first-order chi connectivity index (χ1) is 50.7. The molecular weight excluding hydrogens is 1320 g/mol. The van der Waals surface area contributed by atoms with E-state index in [4.69, 9.17) is 27.7 Å². The number of fused-ring (bicyclic) bond motifs is 6. The molecule has 106 heavy (non-hydrogen) atoms. The number of amides is 2. The summed E-state index contributed by atoms with van der Waals surface area (Å²) in [6.07, 6.45) is 14.8. The van der Waals surface area contributed by atoms with Crippen molar-refractivity contribution in [3.05, 3.63) is 322 Å². The number of ether oxygens (including phenoxy) is 1. The highest BCUT2D eigenvalue weighted by atomic mass is 16.5. The van der Waals surface area contributed by atoms with E-state index < -0.39 is 0 Å². The lowest BCUT2D eigenvalue weighted by atomic mass is 10.0. The number of carbonyl (C=O) groups excluding carboxylic acids is 3. The van der Waals surface area contributed by atoms with Gasteiger partial charge in [0.15, 0.2) is 0 Å². The highest BCUT2D eigenvalue weighted by Crippen LogP contribution is 2.26. The third kappa shape index (κ3) is 19.2. The zero-order valence-electron chi connectivity index (χ0n) is 58.3. The number of esters is 1. The Morgan fingerprint density at radius 1 is 0.340 bits per heavy atom. The molecule has 0 saturated carbocycles. The minimum absolute atomic E-state index is 0. The van der Waals surface area contributed by atoms with Gasteiger partial charge in [0, 0.05) is 154 Å². The van der Waals surface area contributed by atoms with Crippen LogP contribution in [0.4, 0.5) is 17.5 Å². The number of nitrogens with zero attached hydrogens (tertiary/aromatic N) is 9. The number of aryl methyl sites for hydroxylation is 3. The van der Waals surface area contributed by atoms with Crippen LogP contribution < -0.4 is 33.6 Å². The largest absolute Gasteiger partial charge is 0.465 e. The fraction of sp³-hybridized carbons (Fsp3) is 0.172. The summed E-state index contributed by atoms with van der Waals surface area (Å²) < 4.78 is 4.75. The van der Waals surface area contributed by atoms with E-state index in [1.807, 2.05) is 103 Å². The number of benzene rings is 6. The maximum atomic E-state index is 12.8. The van der Waals surface area contributed by atoms with E-state index in [1.165, 1.54) is 7.11 Å². The number of anilines is 3. The Labute approximate surface area is 617 Å². The summed E-state index contributed by atoms with van der Waals surface area (Å²) in [5.74, 6) is 0.974. The van der Waals surface area contributed by atoms with Crippen LogP contribution in [0.25, 0.3) is 65.0 Å². The molecule has 0 spiro atoms.